The molecule has 0 bridgehead atoms. The number of carbonyl (C=O) groups is 3. The highest BCUT2D eigenvalue weighted by Gasteiger charge is 2.33. The van der Waals surface area contributed by atoms with Gasteiger partial charge in [-0.2, -0.15) is 0 Å². The first kappa shape index (κ1) is 26.5. The first-order valence-electron chi connectivity index (χ1n) is 12.6. The fourth-order valence-electron chi connectivity index (χ4n) is 5.55. The van der Waals surface area contributed by atoms with Crippen molar-refractivity contribution in [2.24, 2.45) is 23.2 Å². The normalized spacial score (nSPS) is 18.2. The molecule has 0 radical (unpaired) electrons. The Morgan fingerprint density at radius 3 is 2.38 bits per heavy atom. The van der Waals surface area contributed by atoms with E-state index in [1.54, 1.807) is 0 Å². The molecule has 1 aliphatic carbocycles. The van der Waals surface area contributed by atoms with Crippen molar-refractivity contribution in [3.63, 3.8) is 0 Å². The molecular weight excluding hydrogens is 396 g/mol. The van der Waals surface area contributed by atoms with Gasteiger partial charge in [-0.05, 0) is 79.9 Å². The Morgan fingerprint density at radius 2 is 1.81 bits per heavy atom. The van der Waals surface area contributed by atoms with Crippen LogP contribution >= 0.6 is 0 Å². The summed E-state index contributed by atoms with van der Waals surface area (Å²) in [6.07, 6.45) is 7.30. The average Bonchev–Trinajstić information content (AvgIpc) is 2.66. The molecule has 32 heavy (non-hydrogen) atoms. The Balaban J connectivity index is 2.28. The van der Waals surface area contributed by atoms with Crippen LogP contribution in [0.1, 0.15) is 114 Å². The van der Waals surface area contributed by atoms with Crippen LogP contribution in [0.4, 0.5) is 0 Å². The molecule has 0 N–H and O–H groups in total. The SMILES string of the molecule is CCCC(CC1CC(=O)c2c(C)ccc(CCC(C)(C)C)c2C1)C(CC)C(=O)CC(C)=O. The van der Waals surface area contributed by atoms with Gasteiger partial charge in [-0.15, -0.1) is 0 Å². The van der Waals surface area contributed by atoms with Gasteiger partial charge < -0.3 is 0 Å². The van der Waals surface area contributed by atoms with Crippen molar-refractivity contribution in [2.75, 3.05) is 0 Å². The molecular formula is C29H44O3. The summed E-state index contributed by atoms with van der Waals surface area (Å²) in [6.45, 7) is 14.6. The topological polar surface area (TPSA) is 51.2 Å². The van der Waals surface area contributed by atoms with Crippen LogP contribution in [0.25, 0.3) is 0 Å². The molecule has 1 aromatic rings. The van der Waals surface area contributed by atoms with Gasteiger partial charge in [0.25, 0.3) is 0 Å². The molecule has 2 rings (SSSR count). The Hall–Kier alpha value is -1.77. The second kappa shape index (κ2) is 11.4. The number of hydrogen-bond donors (Lipinski definition) is 0. The first-order chi connectivity index (χ1) is 15.0. The van der Waals surface area contributed by atoms with Crippen LogP contribution in [0.15, 0.2) is 12.1 Å². The highest BCUT2D eigenvalue weighted by Crippen LogP contribution is 2.38. The van der Waals surface area contributed by atoms with Gasteiger partial charge in [0.05, 0.1) is 6.42 Å². The minimum atomic E-state index is -0.0757. The van der Waals surface area contributed by atoms with Gasteiger partial charge in [-0.25, -0.2) is 0 Å². The third-order valence-corrected chi connectivity index (χ3v) is 7.15. The maximum Gasteiger partial charge on any atom is 0.163 e. The lowest BCUT2D eigenvalue weighted by Crippen LogP contribution is -2.30. The van der Waals surface area contributed by atoms with Gasteiger partial charge in [-0.3, -0.25) is 14.4 Å². The molecule has 3 unspecified atom stereocenters. The van der Waals surface area contributed by atoms with Crippen LogP contribution in [0.2, 0.25) is 0 Å². The van der Waals surface area contributed by atoms with E-state index in [2.05, 4.69) is 53.7 Å². The molecule has 1 aromatic carbocycles. The molecule has 0 spiro atoms. The minimum Gasteiger partial charge on any atom is -0.300 e. The Labute approximate surface area is 195 Å². The van der Waals surface area contributed by atoms with Gasteiger partial charge in [0.2, 0.25) is 0 Å². The smallest absolute Gasteiger partial charge is 0.163 e. The third-order valence-electron chi connectivity index (χ3n) is 7.15. The summed E-state index contributed by atoms with van der Waals surface area (Å²) >= 11 is 0. The van der Waals surface area contributed by atoms with Gasteiger partial charge in [0, 0.05) is 17.9 Å². The van der Waals surface area contributed by atoms with E-state index in [1.165, 1.54) is 18.1 Å². The number of aryl methyl sites for hydroxylation is 2. The molecule has 3 heteroatoms. The number of ketones is 3. The fraction of sp³-hybridized carbons (Fsp3) is 0.690. The third kappa shape index (κ3) is 7.12. The van der Waals surface area contributed by atoms with Crippen LogP contribution in [-0.4, -0.2) is 17.3 Å². The van der Waals surface area contributed by atoms with Crippen molar-refractivity contribution in [3.8, 4) is 0 Å². The van der Waals surface area contributed by atoms with Crippen LogP contribution in [0.5, 0.6) is 0 Å². The molecule has 1 aliphatic rings. The van der Waals surface area contributed by atoms with Crippen molar-refractivity contribution in [1.29, 1.82) is 0 Å². The second-order valence-corrected chi connectivity index (χ2v) is 11.3. The average molecular weight is 441 g/mol. The van der Waals surface area contributed by atoms with E-state index in [9.17, 15) is 14.4 Å². The summed E-state index contributed by atoms with van der Waals surface area (Å²) in [5, 5.41) is 0. The maximum absolute atomic E-state index is 13.2. The highest BCUT2D eigenvalue weighted by molar-refractivity contribution is 6.00. The van der Waals surface area contributed by atoms with Crippen LogP contribution < -0.4 is 0 Å². The minimum absolute atomic E-state index is 0.0430. The van der Waals surface area contributed by atoms with E-state index >= 15 is 0 Å². The summed E-state index contributed by atoms with van der Waals surface area (Å²) in [6, 6.07) is 4.34. The number of rotatable bonds is 11. The predicted octanol–water partition coefficient (Wildman–Crippen LogP) is 7.10. The second-order valence-electron chi connectivity index (χ2n) is 11.3. The zero-order valence-corrected chi connectivity index (χ0v) is 21.5. The summed E-state index contributed by atoms with van der Waals surface area (Å²) in [7, 11) is 0. The predicted molar refractivity (Wildman–Crippen MR) is 132 cm³/mol. The first-order valence-corrected chi connectivity index (χ1v) is 12.6. The van der Waals surface area contributed by atoms with Gasteiger partial charge in [0.15, 0.2) is 5.78 Å². The molecule has 0 amide bonds. The lowest BCUT2D eigenvalue weighted by molar-refractivity contribution is -0.129. The molecule has 0 saturated heterocycles. The summed E-state index contributed by atoms with van der Waals surface area (Å²) < 4.78 is 0. The Bertz CT molecular complexity index is 828. The summed E-state index contributed by atoms with van der Waals surface area (Å²) in [4.78, 5) is 37.6. The zero-order valence-electron chi connectivity index (χ0n) is 21.5. The number of hydrogen-bond acceptors (Lipinski definition) is 3. The quantitative estimate of drug-likeness (QED) is 0.345. The van der Waals surface area contributed by atoms with Crippen LogP contribution in [0, 0.1) is 30.1 Å². The molecule has 3 atom stereocenters. The fourth-order valence-corrected chi connectivity index (χ4v) is 5.55. The molecule has 0 fully saturated rings. The monoisotopic (exact) mass is 440 g/mol. The molecule has 178 valence electrons. The number of fused-ring (bicyclic) bond motifs is 1. The number of Topliss-reactive ketones (excluding diaryl/α,β-unsaturated/α-hetero) is 3. The van der Waals surface area contributed by atoms with E-state index in [1.807, 2.05) is 0 Å². The van der Waals surface area contributed by atoms with Crippen molar-refractivity contribution >= 4 is 17.3 Å². The Morgan fingerprint density at radius 1 is 1.12 bits per heavy atom. The van der Waals surface area contributed by atoms with Crippen molar-refractivity contribution in [2.45, 2.75) is 106 Å². The van der Waals surface area contributed by atoms with E-state index in [0.717, 1.165) is 56.1 Å². The highest BCUT2D eigenvalue weighted by atomic mass is 16.1. The standard InChI is InChI=1S/C29H44O3/c1-8-10-23(24(9-2)26(31)15-20(4)30)16-21-17-25-22(13-14-29(5,6)7)12-11-19(3)28(25)27(32)18-21/h11-12,21,23-24H,8-10,13-18H2,1-7H3. The van der Waals surface area contributed by atoms with Crippen molar-refractivity contribution in [1.82, 2.24) is 0 Å². The maximum atomic E-state index is 13.2. The molecule has 0 aromatic heterocycles. The van der Waals surface area contributed by atoms with Crippen LogP contribution in [-0.2, 0) is 22.4 Å². The lowest BCUT2D eigenvalue weighted by atomic mass is 9.71. The van der Waals surface area contributed by atoms with E-state index in [-0.39, 0.29) is 46.9 Å². The lowest BCUT2D eigenvalue weighted by Gasteiger charge is -2.33. The van der Waals surface area contributed by atoms with Crippen molar-refractivity contribution < 1.29 is 14.4 Å². The van der Waals surface area contributed by atoms with Gasteiger partial charge in [-0.1, -0.05) is 59.6 Å². The van der Waals surface area contributed by atoms with E-state index in [4.69, 9.17) is 0 Å². The number of benzene rings is 1. The zero-order chi connectivity index (χ0) is 24.1. The molecule has 0 saturated carbocycles. The summed E-state index contributed by atoms with van der Waals surface area (Å²) in [5.74, 6) is 0.755. The summed E-state index contributed by atoms with van der Waals surface area (Å²) in [5.41, 5.74) is 4.89. The van der Waals surface area contributed by atoms with Gasteiger partial charge >= 0.3 is 0 Å². The van der Waals surface area contributed by atoms with Crippen molar-refractivity contribution in [3.05, 3.63) is 34.4 Å². The van der Waals surface area contributed by atoms with E-state index < -0.39 is 0 Å². The molecule has 3 nitrogen and oxygen atoms in total. The van der Waals surface area contributed by atoms with Gasteiger partial charge in [0.1, 0.15) is 11.6 Å². The number of carbonyl (C=O) groups excluding carboxylic acids is 3. The Kier molecular flexibility index (Phi) is 9.42. The van der Waals surface area contributed by atoms with Crippen LogP contribution in [0.3, 0.4) is 0 Å². The molecule has 0 heterocycles. The largest absolute Gasteiger partial charge is 0.300 e. The van der Waals surface area contributed by atoms with E-state index in [0.29, 0.717) is 6.42 Å². The molecule has 0 aliphatic heterocycles.